The molecule has 0 bridgehead atoms. The van der Waals surface area contributed by atoms with E-state index in [2.05, 4.69) is 15.2 Å². The molecule has 1 amide bonds. The molecule has 1 aliphatic rings. The number of pyridine rings is 1. The molecule has 0 radical (unpaired) electrons. The highest BCUT2D eigenvalue weighted by atomic mass is 16.5. The van der Waals surface area contributed by atoms with Gasteiger partial charge in [0.2, 0.25) is 0 Å². The second kappa shape index (κ2) is 8.68. The molecule has 1 saturated heterocycles. The molecule has 1 aromatic carbocycles. The Morgan fingerprint density at radius 2 is 1.93 bits per heavy atom. The summed E-state index contributed by atoms with van der Waals surface area (Å²) in [5, 5.41) is 3.24. The van der Waals surface area contributed by atoms with Crippen LogP contribution in [0.3, 0.4) is 0 Å². The molecule has 2 aromatic heterocycles. The summed E-state index contributed by atoms with van der Waals surface area (Å²) in [5.74, 6) is 1.68. The zero-order valence-corrected chi connectivity index (χ0v) is 16.4. The second-order valence-electron chi connectivity index (χ2n) is 6.87. The summed E-state index contributed by atoms with van der Waals surface area (Å²) in [7, 11) is 1.66. The van der Waals surface area contributed by atoms with E-state index in [0.29, 0.717) is 25.2 Å². The average molecular weight is 392 g/mol. The van der Waals surface area contributed by atoms with E-state index in [0.717, 1.165) is 36.0 Å². The van der Waals surface area contributed by atoms with Crippen LogP contribution in [-0.4, -0.2) is 49.1 Å². The van der Waals surface area contributed by atoms with Gasteiger partial charge in [-0.05, 0) is 42.5 Å². The van der Waals surface area contributed by atoms with Crippen molar-refractivity contribution in [1.82, 2.24) is 9.88 Å². The van der Waals surface area contributed by atoms with E-state index in [1.807, 2.05) is 47.4 Å². The van der Waals surface area contributed by atoms with Crippen molar-refractivity contribution in [2.75, 3.05) is 43.5 Å². The molecule has 3 aromatic rings. The van der Waals surface area contributed by atoms with Gasteiger partial charge in [0.25, 0.3) is 5.91 Å². The molecule has 1 N–H and O–H groups in total. The third-order valence-corrected chi connectivity index (χ3v) is 5.04. The first kappa shape index (κ1) is 18.9. The maximum Gasteiger partial charge on any atom is 0.255 e. The molecule has 150 valence electrons. The van der Waals surface area contributed by atoms with E-state index in [4.69, 9.17) is 9.15 Å². The largest absolute Gasteiger partial charge is 0.497 e. The Hall–Kier alpha value is -3.48. The van der Waals surface area contributed by atoms with Crippen molar-refractivity contribution in [2.45, 2.75) is 6.54 Å². The molecule has 3 heterocycles. The summed E-state index contributed by atoms with van der Waals surface area (Å²) >= 11 is 0. The van der Waals surface area contributed by atoms with Gasteiger partial charge in [0.1, 0.15) is 11.5 Å². The minimum atomic E-state index is 0.00790. The van der Waals surface area contributed by atoms with Crippen LogP contribution in [0.15, 0.2) is 65.5 Å². The smallest absolute Gasteiger partial charge is 0.255 e. The van der Waals surface area contributed by atoms with Crippen molar-refractivity contribution in [3.05, 3.63) is 72.4 Å². The maximum atomic E-state index is 12.9. The van der Waals surface area contributed by atoms with Crippen LogP contribution in [0.5, 0.6) is 5.75 Å². The predicted octanol–water partition coefficient (Wildman–Crippen LogP) is 3.26. The lowest BCUT2D eigenvalue weighted by molar-refractivity contribution is 0.0746. The van der Waals surface area contributed by atoms with Crippen LogP contribution in [0.2, 0.25) is 0 Å². The summed E-state index contributed by atoms with van der Waals surface area (Å²) in [6, 6.07) is 13.6. The molecule has 1 aliphatic heterocycles. The predicted molar refractivity (Wildman–Crippen MR) is 111 cm³/mol. The Morgan fingerprint density at radius 3 is 2.62 bits per heavy atom. The van der Waals surface area contributed by atoms with Crippen LogP contribution in [0.25, 0.3) is 0 Å². The molecule has 0 saturated carbocycles. The second-order valence-corrected chi connectivity index (χ2v) is 6.87. The van der Waals surface area contributed by atoms with E-state index >= 15 is 0 Å². The van der Waals surface area contributed by atoms with E-state index < -0.39 is 0 Å². The number of methoxy groups -OCH3 is 1. The number of amides is 1. The van der Waals surface area contributed by atoms with Crippen LogP contribution in [0.1, 0.15) is 16.1 Å². The molecule has 1 fully saturated rings. The van der Waals surface area contributed by atoms with Gasteiger partial charge in [-0.1, -0.05) is 0 Å². The van der Waals surface area contributed by atoms with Gasteiger partial charge in [-0.15, -0.1) is 0 Å². The standard InChI is InChI=1S/C22H24N4O3/c1-28-20-6-4-19(5-7-20)25-8-10-26(11-9-25)22(27)17-13-18(15-23-14-17)24-16-21-3-2-12-29-21/h2-7,12-15,24H,8-11,16H2,1H3. The summed E-state index contributed by atoms with van der Waals surface area (Å²) in [5.41, 5.74) is 2.53. The summed E-state index contributed by atoms with van der Waals surface area (Å²) in [4.78, 5) is 21.3. The minimum absolute atomic E-state index is 0.00790. The van der Waals surface area contributed by atoms with Crippen LogP contribution in [0, 0.1) is 0 Å². The van der Waals surface area contributed by atoms with E-state index in [1.165, 1.54) is 0 Å². The van der Waals surface area contributed by atoms with Crippen molar-refractivity contribution in [2.24, 2.45) is 0 Å². The molecule has 7 nitrogen and oxygen atoms in total. The topological polar surface area (TPSA) is 70.8 Å². The fourth-order valence-electron chi connectivity index (χ4n) is 3.40. The number of nitrogens with one attached hydrogen (secondary N) is 1. The Labute approximate surface area is 169 Å². The molecule has 0 spiro atoms. The summed E-state index contributed by atoms with van der Waals surface area (Å²) in [6.07, 6.45) is 4.97. The molecule has 0 unspecified atom stereocenters. The Kier molecular flexibility index (Phi) is 5.65. The highest BCUT2D eigenvalue weighted by Gasteiger charge is 2.22. The van der Waals surface area contributed by atoms with E-state index in [-0.39, 0.29) is 5.91 Å². The zero-order chi connectivity index (χ0) is 20.1. The number of piperazine rings is 1. The Bertz CT molecular complexity index is 933. The SMILES string of the molecule is COc1ccc(N2CCN(C(=O)c3cncc(NCc4ccco4)c3)CC2)cc1. The number of aromatic nitrogens is 1. The first-order valence-corrected chi connectivity index (χ1v) is 9.62. The number of ether oxygens (including phenoxy) is 1. The van der Waals surface area contributed by atoms with Gasteiger partial charge in [-0.3, -0.25) is 9.78 Å². The van der Waals surface area contributed by atoms with Crippen molar-refractivity contribution < 1.29 is 13.9 Å². The highest BCUT2D eigenvalue weighted by molar-refractivity contribution is 5.95. The average Bonchev–Trinajstić information content (AvgIpc) is 3.31. The number of benzene rings is 1. The van der Waals surface area contributed by atoms with Gasteiger partial charge in [0.15, 0.2) is 0 Å². The zero-order valence-electron chi connectivity index (χ0n) is 16.4. The minimum Gasteiger partial charge on any atom is -0.497 e. The lowest BCUT2D eigenvalue weighted by atomic mass is 10.2. The number of hydrogen-bond acceptors (Lipinski definition) is 6. The first-order valence-electron chi connectivity index (χ1n) is 9.62. The molecule has 7 heteroatoms. The Balaban J connectivity index is 1.34. The van der Waals surface area contributed by atoms with Crippen molar-refractivity contribution in [1.29, 1.82) is 0 Å². The first-order chi connectivity index (χ1) is 14.2. The van der Waals surface area contributed by atoms with Gasteiger partial charge >= 0.3 is 0 Å². The maximum absolute atomic E-state index is 12.9. The number of rotatable bonds is 6. The molecule has 4 rings (SSSR count). The normalized spacial score (nSPS) is 14.0. The molecular formula is C22H24N4O3. The fourth-order valence-corrected chi connectivity index (χ4v) is 3.40. The number of nitrogens with zero attached hydrogens (tertiary/aromatic N) is 3. The van der Waals surface area contributed by atoms with Gasteiger partial charge in [-0.2, -0.15) is 0 Å². The lowest BCUT2D eigenvalue weighted by Crippen LogP contribution is -2.48. The number of carbonyl (C=O) groups is 1. The number of carbonyl (C=O) groups excluding carboxylic acids is 1. The Morgan fingerprint density at radius 1 is 1.14 bits per heavy atom. The third kappa shape index (κ3) is 4.51. The molecular weight excluding hydrogens is 368 g/mol. The highest BCUT2D eigenvalue weighted by Crippen LogP contribution is 2.21. The van der Waals surface area contributed by atoms with Gasteiger partial charge in [-0.25, -0.2) is 0 Å². The van der Waals surface area contributed by atoms with E-state index in [1.54, 1.807) is 25.8 Å². The number of hydrogen-bond donors (Lipinski definition) is 1. The van der Waals surface area contributed by atoms with Crippen LogP contribution >= 0.6 is 0 Å². The van der Waals surface area contributed by atoms with Crippen LogP contribution in [0.4, 0.5) is 11.4 Å². The van der Waals surface area contributed by atoms with Gasteiger partial charge in [0, 0.05) is 44.3 Å². The fraction of sp³-hybridized carbons (Fsp3) is 0.273. The summed E-state index contributed by atoms with van der Waals surface area (Å²) in [6.45, 7) is 3.49. The van der Waals surface area contributed by atoms with Crippen LogP contribution < -0.4 is 15.0 Å². The van der Waals surface area contributed by atoms with Gasteiger partial charge < -0.3 is 24.3 Å². The summed E-state index contributed by atoms with van der Waals surface area (Å²) < 4.78 is 10.5. The van der Waals surface area contributed by atoms with Crippen molar-refractivity contribution in [3.63, 3.8) is 0 Å². The number of furan rings is 1. The monoisotopic (exact) mass is 392 g/mol. The third-order valence-electron chi connectivity index (χ3n) is 5.04. The molecule has 0 atom stereocenters. The molecule has 0 aliphatic carbocycles. The molecule has 29 heavy (non-hydrogen) atoms. The van der Waals surface area contributed by atoms with Crippen LogP contribution in [-0.2, 0) is 6.54 Å². The van der Waals surface area contributed by atoms with Gasteiger partial charge in [0.05, 0.1) is 31.2 Å². The number of anilines is 2. The van der Waals surface area contributed by atoms with E-state index in [9.17, 15) is 4.79 Å². The lowest BCUT2D eigenvalue weighted by Gasteiger charge is -2.36. The van der Waals surface area contributed by atoms with Crippen molar-refractivity contribution >= 4 is 17.3 Å². The quantitative estimate of drug-likeness (QED) is 0.694. The van der Waals surface area contributed by atoms with Crippen molar-refractivity contribution in [3.8, 4) is 5.75 Å².